The Morgan fingerprint density at radius 3 is 2.35 bits per heavy atom. The predicted octanol–water partition coefficient (Wildman–Crippen LogP) is 3.46. The fourth-order valence-electron chi connectivity index (χ4n) is 3.90. The summed E-state index contributed by atoms with van der Waals surface area (Å²) in [4.78, 5) is 53.6. The van der Waals surface area contributed by atoms with Gasteiger partial charge in [0.25, 0.3) is 5.91 Å². The maximum atomic E-state index is 12.8. The number of carbonyl (C=O) groups is 4. The van der Waals surface area contributed by atoms with Gasteiger partial charge < -0.3 is 24.5 Å². The van der Waals surface area contributed by atoms with Gasteiger partial charge in [-0.3, -0.25) is 14.4 Å². The highest BCUT2D eigenvalue weighted by Gasteiger charge is 2.32. The van der Waals surface area contributed by atoms with Crippen molar-refractivity contribution >= 4 is 41.2 Å². The molecule has 2 heterocycles. The minimum atomic E-state index is -0.878. The number of nitrogens with one attached hydrogen (secondary N) is 2. The number of esters is 3. The third-order valence-electron chi connectivity index (χ3n) is 5.36. The lowest BCUT2D eigenvalue weighted by Crippen LogP contribution is -2.19. The van der Waals surface area contributed by atoms with E-state index in [4.69, 9.17) is 14.2 Å². The molecule has 9 nitrogen and oxygen atoms in total. The molecule has 34 heavy (non-hydrogen) atoms. The van der Waals surface area contributed by atoms with E-state index in [1.54, 1.807) is 58.0 Å². The molecule has 9 heteroatoms. The zero-order chi connectivity index (χ0) is 24.8. The van der Waals surface area contributed by atoms with E-state index in [2.05, 4.69) is 10.3 Å². The number of hydrogen-bond acceptors (Lipinski definition) is 7. The lowest BCUT2D eigenvalue weighted by atomic mass is 9.93. The normalized spacial score (nSPS) is 14.4. The molecule has 1 amide bonds. The number of anilines is 1. The Morgan fingerprint density at radius 2 is 1.68 bits per heavy atom. The highest BCUT2D eigenvalue weighted by molar-refractivity contribution is 6.34. The van der Waals surface area contributed by atoms with Crippen molar-refractivity contribution in [1.29, 1.82) is 0 Å². The van der Waals surface area contributed by atoms with Gasteiger partial charge in [0.15, 0.2) is 0 Å². The summed E-state index contributed by atoms with van der Waals surface area (Å²) in [5.74, 6) is -2.97. The van der Waals surface area contributed by atoms with Crippen molar-refractivity contribution in [2.75, 3.05) is 25.1 Å². The minimum Gasteiger partial charge on any atom is -0.466 e. The second kappa shape index (κ2) is 10.8. The molecule has 0 radical (unpaired) electrons. The van der Waals surface area contributed by atoms with Crippen LogP contribution in [0.5, 0.6) is 0 Å². The van der Waals surface area contributed by atoms with Crippen molar-refractivity contribution in [3.8, 4) is 0 Å². The number of carbonyl (C=O) groups excluding carboxylic acids is 4. The van der Waals surface area contributed by atoms with E-state index in [-0.39, 0.29) is 43.4 Å². The van der Waals surface area contributed by atoms with Crippen molar-refractivity contribution in [1.82, 2.24) is 4.98 Å². The smallest absolute Gasteiger partial charge is 0.355 e. The first-order valence-corrected chi connectivity index (χ1v) is 11.2. The molecule has 2 N–H and O–H groups in total. The SMILES string of the molecule is CCOC(=O)Cc1c(/C=C2\C(=O)Nc3ccccc32)[nH]c(C(=O)OCC)c1C(C)C(=O)OCC. The molecule has 3 rings (SSSR count). The molecular weight excluding hydrogens is 440 g/mol. The Kier molecular flexibility index (Phi) is 7.88. The molecule has 0 aliphatic carbocycles. The third-order valence-corrected chi connectivity index (χ3v) is 5.36. The zero-order valence-corrected chi connectivity index (χ0v) is 19.7. The average molecular weight is 469 g/mol. The van der Waals surface area contributed by atoms with Crippen LogP contribution < -0.4 is 5.32 Å². The molecule has 1 aliphatic rings. The first kappa shape index (κ1) is 24.8. The summed E-state index contributed by atoms with van der Waals surface area (Å²) in [6.07, 6.45) is 1.35. The van der Waals surface area contributed by atoms with E-state index in [0.29, 0.717) is 28.1 Å². The number of rotatable bonds is 9. The maximum Gasteiger partial charge on any atom is 0.355 e. The molecule has 0 saturated carbocycles. The summed E-state index contributed by atoms with van der Waals surface area (Å²) in [6.45, 7) is 7.06. The number of aromatic nitrogens is 1. The van der Waals surface area contributed by atoms with Gasteiger partial charge in [-0.25, -0.2) is 4.79 Å². The molecular formula is C25H28N2O7. The van der Waals surface area contributed by atoms with Gasteiger partial charge >= 0.3 is 17.9 Å². The molecule has 1 atom stereocenters. The van der Waals surface area contributed by atoms with Crippen LogP contribution in [0.1, 0.15) is 66.5 Å². The molecule has 180 valence electrons. The first-order chi connectivity index (χ1) is 16.3. The molecule has 0 fully saturated rings. The fourth-order valence-corrected chi connectivity index (χ4v) is 3.90. The Hall–Kier alpha value is -3.88. The lowest BCUT2D eigenvalue weighted by Gasteiger charge is -2.14. The van der Waals surface area contributed by atoms with Gasteiger partial charge in [-0.1, -0.05) is 18.2 Å². The van der Waals surface area contributed by atoms with Crippen molar-refractivity contribution < 1.29 is 33.4 Å². The van der Waals surface area contributed by atoms with Crippen LogP contribution in [-0.2, 0) is 35.0 Å². The molecule has 1 aromatic carbocycles. The molecule has 0 bridgehead atoms. The topological polar surface area (TPSA) is 124 Å². The Labute approximate surface area is 197 Å². The predicted molar refractivity (Wildman–Crippen MR) is 125 cm³/mol. The average Bonchev–Trinajstić information content (AvgIpc) is 3.31. The standard InChI is InChI=1S/C25H28N2O7/c1-5-32-20(28)13-17-19(12-16-15-10-8-9-11-18(15)27-23(16)29)26-22(25(31)34-7-3)21(17)14(4)24(30)33-6-2/h8-12,14,26H,5-7,13H2,1-4H3,(H,27,29)/b16-12-. The fraction of sp³-hybridized carbons (Fsp3) is 0.360. The number of aromatic amines is 1. The van der Waals surface area contributed by atoms with Crippen molar-refractivity contribution in [3.63, 3.8) is 0 Å². The number of hydrogen-bond donors (Lipinski definition) is 2. The largest absolute Gasteiger partial charge is 0.466 e. The third kappa shape index (κ3) is 5.03. The van der Waals surface area contributed by atoms with E-state index < -0.39 is 23.8 Å². The van der Waals surface area contributed by atoms with Crippen LogP contribution in [0.4, 0.5) is 5.69 Å². The maximum absolute atomic E-state index is 12.8. The number of H-pyrrole nitrogens is 1. The lowest BCUT2D eigenvalue weighted by molar-refractivity contribution is -0.145. The molecule has 2 aromatic rings. The van der Waals surface area contributed by atoms with Gasteiger partial charge in [-0.05, 0) is 45.4 Å². The summed E-state index contributed by atoms with van der Waals surface area (Å²) >= 11 is 0. The number of amides is 1. The van der Waals surface area contributed by atoms with Gasteiger partial charge in [-0.15, -0.1) is 0 Å². The van der Waals surface area contributed by atoms with Crippen molar-refractivity contribution in [2.24, 2.45) is 0 Å². The van der Waals surface area contributed by atoms with E-state index in [9.17, 15) is 19.2 Å². The van der Waals surface area contributed by atoms with Crippen LogP contribution in [0, 0.1) is 0 Å². The molecule has 1 aromatic heterocycles. The van der Waals surface area contributed by atoms with Gasteiger partial charge in [0.2, 0.25) is 0 Å². The summed E-state index contributed by atoms with van der Waals surface area (Å²) in [6, 6.07) is 7.18. The van der Waals surface area contributed by atoms with Crippen molar-refractivity contribution in [2.45, 2.75) is 40.0 Å². The minimum absolute atomic E-state index is 0.0280. The number of benzene rings is 1. The van der Waals surface area contributed by atoms with E-state index in [1.165, 1.54) is 0 Å². The van der Waals surface area contributed by atoms with Crippen LogP contribution in [0.2, 0.25) is 0 Å². The van der Waals surface area contributed by atoms with E-state index >= 15 is 0 Å². The second-order valence-electron chi connectivity index (χ2n) is 7.54. The van der Waals surface area contributed by atoms with Gasteiger partial charge in [0.05, 0.1) is 37.7 Å². The van der Waals surface area contributed by atoms with Crippen LogP contribution in [0.3, 0.4) is 0 Å². The highest BCUT2D eigenvalue weighted by atomic mass is 16.5. The van der Waals surface area contributed by atoms with Gasteiger partial charge in [0, 0.05) is 22.5 Å². The number of para-hydroxylation sites is 1. The Morgan fingerprint density at radius 1 is 1.00 bits per heavy atom. The molecule has 0 spiro atoms. The summed E-state index contributed by atoms with van der Waals surface area (Å²) in [5.41, 5.74) is 2.71. The highest BCUT2D eigenvalue weighted by Crippen LogP contribution is 2.36. The second-order valence-corrected chi connectivity index (χ2v) is 7.54. The summed E-state index contributed by atoms with van der Waals surface area (Å²) < 4.78 is 15.5. The summed E-state index contributed by atoms with van der Waals surface area (Å²) in [7, 11) is 0. The van der Waals surface area contributed by atoms with Gasteiger partial charge in [0.1, 0.15) is 5.69 Å². The quantitative estimate of drug-likeness (QED) is 0.328. The Bertz CT molecular complexity index is 1150. The first-order valence-electron chi connectivity index (χ1n) is 11.2. The monoisotopic (exact) mass is 468 g/mol. The summed E-state index contributed by atoms with van der Waals surface area (Å²) in [5, 5.41) is 2.79. The number of fused-ring (bicyclic) bond motifs is 1. The van der Waals surface area contributed by atoms with E-state index in [0.717, 1.165) is 0 Å². The van der Waals surface area contributed by atoms with Crippen LogP contribution >= 0.6 is 0 Å². The zero-order valence-electron chi connectivity index (χ0n) is 19.7. The van der Waals surface area contributed by atoms with Crippen LogP contribution in [0.15, 0.2) is 24.3 Å². The molecule has 1 aliphatic heterocycles. The van der Waals surface area contributed by atoms with Crippen LogP contribution in [-0.4, -0.2) is 48.6 Å². The van der Waals surface area contributed by atoms with E-state index in [1.807, 2.05) is 0 Å². The molecule has 1 unspecified atom stereocenters. The molecule has 0 saturated heterocycles. The Balaban J connectivity index is 2.23. The van der Waals surface area contributed by atoms with Crippen molar-refractivity contribution in [3.05, 3.63) is 52.3 Å². The van der Waals surface area contributed by atoms with Crippen LogP contribution in [0.25, 0.3) is 11.6 Å². The van der Waals surface area contributed by atoms with Gasteiger partial charge in [-0.2, -0.15) is 0 Å². The number of ether oxygens (including phenoxy) is 3.